The van der Waals surface area contributed by atoms with E-state index in [-0.39, 0.29) is 36.0 Å². The summed E-state index contributed by atoms with van der Waals surface area (Å²) in [5.74, 6) is 0.768. The molecule has 0 saturated heterocycles. The lowest BCUT2D eigenvalue weighted by Crippen LogP contribution is -2.40. The molecule has 2 heterocycles. The van der Waals surface area contributed by atoms with Gasteiger partial charge in [0.25, 0.3) is 0 Å². The predicted molar refractivity (Wildman–Crippen MR) is 126 cm³/mol. The minimum Gasteiger partial charge on any atom is -0.476 e. The highest BCUT2D eigenvalue weighted by Crippen LogP contribution is 2.24. The molecule has 0 saturated carbocycles. The van der Waals surface area contributed by atoms with Gasteiger partial charge in [-0.05, 0) is 26.8 Å². The number of carbonyl (C=O) groups excluding carboxylic acids is 1. The number of thiazole rings is 1. The topological polar surface area (TPSA) is 97.7 Å². The van der Waals surface area contributed by atoms with Crippen molar-refractivity contribution in [3.63, 3.8) is 0 Å². The van der Waals surface area contributed by atoms with Crippen molar-refractivity contribution in [3.05, 3.63) is 38.9 Å². The molecule has 2 aromatic heterocycles. The van der Waals surface area contributed by atoms with Gasteiger partial charge in [0.05, 0.1) is 29.9 Å². The quantitative estimate of drug-likeness (QED) is 0.169. The number of esters is 1. The Kier molecular flexibility index (Phi) is 11.2. The molecule has 0 bridgehead atoms. The zero-order chi connectivity index (χ0) is 20.5. The van der Waals surface area contributed by atoms with Crippen LogP contribution in [-0.4, -0.2) is 48.7 Å². The molecule has 1 atom stereocenters. The van der Waals surface area contributed by atoms with Crippen molar-refractivity contribution in [2.75, 3.05) is 26.8 Å². The molecule has 0 fully saturated rings. The molecule has 1 unspecified atom stereocenters. The van der Waals surface area contributed by atoms with Crippen molar-refractivity contribution in [2.24, 2.45) is 4.99 Å². The minimum absolute atomic E-state index is 0. The summed E-state index contributed by atoms with van der Waals surface area (Å²) < 4.78 is 10.6. The van der Waals surface area contributed by atoms with E-state index >= 15 is 0 Å². The Bertz CT molecular complexity index is 816. The Morgan fingerprint density at radius 2 is 2.17 bits per heavy atom. The molecule has 0 aliphatic heterocycles. The molecule has 29 heavy (non-hydrogen) atoms. The van der Waals surface area contributed by atoms with Crippen LogP contribution in [0, 0.1) is 6.92 Å². The molecule has 160 valence electrons. The number of pyridine rings is 1. The summed E-state index contributed by atoms with van der Waals surface area (Å²) in [6, 6.07) is 3.31. The number of carbonyl (C=O) groups is 1. The lowest BCUT2D eigenvalue weighted by Gasteiger charge is -2.16. The predicted octanol–water partition coefficient (Wildman–Crippen LogP) is 3.60. The Hall–Kier alpha value is -1.66. The van der Waals surface area contributed by atoms with E-state index in [9.17, 15) is 4.79 Å². The van der Waals surface area contributed by atoms with Gasteiger partial charge in [-0.3, -0.25) is 4.99 Å². The van der Waals surface area contributed by atoms with Gasteiger partial charge in [0.15, 0.2) is 5.96 Å². The van der Waals surface area contributed by atoms with Crippen LogP contribution in [0.25, 0.3) is 0 Å². The van der Waals surface area contributed by atoms with E-state index in [4.69, 9.17) is 21.1 Å². The van der Waals surface area contributed by atoms with Crippen LogP contribution in [0.4, 0.5) is 0 Å². The third-order valence-electron chi connectivity index (χ3n) is 3.57. The average molecular weight is 554 g/mol. The largest absolute Gasteiger partial charge is 0.476 e. The lowest BCUT2D eigenvalue weighted by atomic mass is 10.3. The molecule has 0 aliphatic rings. The SMILES string of the molecule is CCOC(=O)c1sc(C(C)NC(=NC)NCCOc2ccc(Cl)cn2)nc1C.I. The summed E-state index contributed by atoms with van der Waals surface area (Å²) in [5.41, 5.74) is 0.666. The first-order valence-electron chi connectivity index (χ1n) is 8.80. The van der Waals surface area contributed by atoms with E-state index in [0.717, 1.165) is 5.01 Å². The average Bonchev–Trinajstić information content (AvgIpc) is 3.07. The van der Waals surface area contributed by atoms with Gasteiger partial charge in [-0.1, -0.05) is 11.6 Å². The Morgan fingerprint density at radius 1 is 1.41 bits per heavy atom. The molecule has 11 heteroatoms. The maximum atomic E-state index is 12.0. The molecular weight excluding hydrogens is 529 g/mol. The number of guanidine groups is 1. The number of aromatic nitrogens is 2. The number of aryl methyl sites for hydroxylation is 1. The van der Waals surface area contributed by atoms with Gasteiger partial charge in [-0.2, -0.15) is 0 Å². The van der Waals surface area contributed by atoms with Gasteiger partial charge in [-0.15, -0.1) is 35.3 Å². The maximum absolute atomic E-state index is 12.0. The minimum atomic E-state index is -0.341. The monoisotopic (exact) mass is 553 g/mol. The van der Waals surface area contributed by atoms with Crippen molar-refractivity contribution < 1.29 is 14.3 Å². The number of aliphatic imine (C=N–C) groups is 1. The highest BCUT2D eigenvalue weighted by Gasteiger charge is 2.20. The van der Waals surface area contributed by atoms with Crippen molar-refractivity contribution >= 4 is 58.8 Å². The van der Waals surface area contributed by atoms with Crippen molar-refractivity contribution in [1.29, 1.82) is 0 Å². The first-order valence-corrected chi connectivity index (χ1v) is 10.00. The summed E-state index contributed by atoms with van der Waals surface area (Å²) in [5, 5.41) is 7.75. The molecule has 0 aliphatic carbocycles. The second-order valence-corrected chi connectivity index (χ2v) is 7.18. The first kappa shape index (κ1) is 25.4. The normalized spacial score (nSPS) is 12.0. The molecule has 2 aromatic rings. The second-order valence-electron chi connectivity index (χ2n) is 5.72. The van der Waals surface area contributed by atoms with Crippen molar-refractivity contribution in [1.82, 2.24) is 20.6 Å². The Labute approximate surface area is 196 Å². The molecule has 0 amide bonds. The number of hydrogen-bond acceptors (Lipinski definition) is 7. The van der Waals surface area contributed by atoms with Crippen LogP contribution in [-0.2, 0) is 4.74 Å². The van der Waals surface area contributed by atoms with E-state index in [0.29, 0.717) is 47.2 Å². The number of nitrogens with one attached hydrogen (secondary N) is 2. The van der Waals surface area contributed by atoms with Gasteiger partial charge >= 0.3 is 5.97 Å². The third kappa shape index (κ3) is 7.94. The van der Waals surface area contributed by atoms with Gasteiger partial charge in [0.2, 0.25) is 5.88 Å². The fraction of sp³-hybridized carbons (Fsp3) is 0.444. The van der Waals surface area contributed by atoms with Crippen LogP contribution in [0.5, 0.6) is 5.88 Å². The van der Waals surface area contributed by atoms with E-state index in [2.05, 4.69) is 25.6 Å². The zero-order valence-corrected chi connectivity index (χ0v) is 20.6. The molecule has 0 spiro atoms. The van der Waals surface area contributed by atoms with Crippen LogP contribution in [0.15, 0.2) is 23.3 Å². The molecular formula is C18H25ClIN5O3S. The molecule has 0 radical (unpaired) electrons. The summed E-state index contributed by atoms with van der Waals surface area (Å²) in [6.45, 7) is 6.81. The van der Waals surface area contributed by atoms with E-state index in [1.807, 2.05) is 6.92 Å². The van der Waals surface area contributed by atoms with Crippen LogP contribution < -0.4 is 15.4 Å². The lowest BCUT2D eigenvalue weighted by molar-refractivity contribution is 0.0531. The third-order valence-corrected chi connectivity index (χ3v) is 5.11. The van der Waals surface area contributed by atoms with Crippen LogP contribution in [0.2, 0.25) is 5.02 Å². The summed E-state index contributed by atoms with van der Waals surface area (Å²) in [7, 11) is 1.68. The van der Waals surface area contributed by atoms with Crippen molar-refractivity contribution in [3.8, 4) is 5.88 Å². The number of rotatable bonds is 8. The van der Waals surface area contributed by atoms with Crippen LogP contribution in [0.3, 0.4) is 0 Å². The first-order chi connectivity index (χ1) is 13.4. The fourth-order valence-electron chi connectivity index (χ4n) is 2.22. The van der Waals surface area contributed by atoms with Gasteiger partial charge in [0, 0.05) is 19.3 Å². The Morgan fingerprint density at radius 3 is 2.79 bits per heavy atom. The highest BCUT2D eigenvalue weighted by atomic mass is 127. The van der Waals surface area contributed by atoms with E-state index in [1.54, 1.807) is 33.0 Å². The van der Waals surface area contributed by atoms with Crippen molar-refractivity contribution in [2.45, 2.75) is 26.8 Å². The summed E-state index contributed by atoms with van der Waals surface area (Å²) in [4.78, 5) is 25.2. The maximum Gasteiger partial charge on any atom is 0.350 e. The number of ether oxygens (including phenoxy) is 2. The summed E-state index contributed by atoms with van der Waals surface area (Å²) >= 11 is 7.11. The number of halogens is 2. The smallest absolute Gasteiger partial charge is 0.350 e. The summed E-state index contributed by atoms with van der Waals surface area (Å²) in [6.07, 6.45) is 1.53. The molecule has 8 nitrogen and oxygen atoms in total. The Balaban J connectivity index is 0.00000420. The van der Waals surface area contributed by atoms with Gasteiger partial charge in [0.1, 0.15) is 16.5 Å². The number of nitrogens with zero attached hydrogens (tertiary/aromatic N) is 3. The van der Waals surface area contributed by atoms with Gasteiger partial charge in [-0.25, -0.2) is 14.8 Å². The molecule has 2 rings (SSSR count). The standard InChI is InChI=1S/C18H24ClN5O3S.HI/c1-5-26-17(25)15-11(2)23-16(28-15)12(3)24-18(20-4)21-8-9-27-14-7-6-13(19)10-22-14;/h6-7,10,12H,5,8-9H2,1-4H3,(H2,20,21,24);1H. The number of hydrogen-bond donors (Lipinski definition) is 2. The van der Waals surface area contributed by atoms with E-state index in [1.165, 1.54) is 17.5 Å². The fourth-order valence-corrected chi connectivity index (χ4v) is 3.30. The zero-order valence-electron chi connectivity index (χ0n) is 16.7. The molecule has 2 N–H and O–H groups in total. The highest BCUT2D eigenvalue weighted by molar-refractivity contribution is 14.0. The van der Waals surface area contributed by atoms with Crippen LogP contribution in [0.1, 0.15) is 40.3 Å². The van der Waals surface area contributed by atoms with Gasteiger partial charge < -0.3 is 20.1 Å². The van der Waals surface area contributed by atoms with Crippen LogP contribution >= 0.6 is 46.9 Å². The second kappa shape index (κ2) is 12.8. The molecule has 0 aromatic carbocycles. The van der Waals surface area contributed by atoms with E-state index < -0.39 is 0 Å².